The van der Waals surface area contributed by atoms with E-state index in [-0.39, 0.29) is 21.8 Å². The van der Waals surface area contributed by atoms with Gasteiger partial charge in [-0.1, -0.05) is 23.7 Å². The van der Waals surface area contributed by atoms with Gasteiger partial charge in [-0.15, -0.1) is 13.2 Å². The largest absolute Gasteiger partial charge is 0.573 e. The second-order valence-corrected chi connectivity index (χ2v) is 4.37. The third kappa shape index (κ3) is 3.85. The van der Waals surface area contributed by atoms with Crippen LogP contribution in [-0.2, 0) is 0 Å². The van der Waals surface area contributed by atoms with Gasteiger partial charge >= 0.3 is 12.3 Å². The summed E-state index contributed by atoms with van der Waals surface area (Å²) in [5.41, 5.74) is -0.0182. The maximum atomic E-state index is 12.2. The molecule has 0 saturated carbocycles. The third-order valence-corrected chi connectivity index (χ3v) is 2.64. The summed E-state index contributed by atoms with van der Waals surface area (Å²) >= 11 is 5.75. The zero-order chi connectivity index (χ0) is 15.6. The molecule has 1 aromatic heterocycles. The zero-order valence-electron chi connectivity index (χ0n) is 10.2. The summed E-state index contributed by atoms with van der Waals surface area (Å²) in [6.45, 7) is 0. The van der Waals surface area contributed by atoms with Gasteiger partial charge in [-0.2, -0.15) is 0 Å². The molecule has 0 spiro atoms. The number of carboxylic acids is 1. The van der Waals surface area contributed by atoms with E-state index in [2.05, 4.69) is 9.72 Å². The summed E-state index contributed by atoms with van der Waals surface area (Å²) in [5, 5.41) is 9.22. The first-order chi connectivity index (χ1) is 9.76. The van der Waals surface area contributed by atoms with E-state index in [1.807, 2.05) is 0 Å². The molecule has 8 heteroatoms. The lowest BCUT2D eigenvalue weighted by Gasteiger charge is -2.11. The molecule has 1 N–H and O–H groups in total. The van der Waals surface area contributed by atoms with Crippen LogP contribution in [0.15, 0.2) is 36.5 Å². The lowest BCUT2D eigenvalue weighted by Crippen LogP contribution is -2.17. The van der Waals surface area contributed by atoms with Crippen LogP contribution in [0.5, 0.6) is 5.75 Å². The minimum absolute atomic E-state index is 0.0997. The van der Waals surface area contributed by atoms with Gasteiger partial charge in [0.25, 0.3) is 0 Å². The van der Waals surface area contributed by atoms with E-state index >= 15 is 0 Å². The Labute approximate surface area is 121 Å². The van der Waals surface area contributed by atoms with E-state index in [1.54, 1.807) is 0 Å². The van der Waals surface area contributed by atoms with Crippen LogP contribution >= 0.6 is 11.6 Å². The Balaban J connectivity index is 2.50. The fraction of sp³-hybridized carbons (Fsp3) is 0.0769. The number of rotatable bonds is 3. The van der Waals surface area contributed by atoms with Gasteiger partial charge in [0.05, 0.1) is 5.02 Å². The number of hydrogen-bond acceptors (Lipinski definition) is 3. The summed E-state index contributed by atoms with van der Waals surface area (Å²) < 4.78 is 40.4. The molecular weight excluding hydrogens is 311 g/mol. The Kier molecular flexibility index (Phi) is 4.04. The number of aromatic nitrogens is 1. The third-order valence-electron chi connectivity index (χ3n) is 2.44. The summed E-state index contributed by atoms with van der Waals surface area (Å²) in [6.07, 6.45) is -3.69. The number of pyridine rings is 1. The standard InChI is InChI=1S/C13H7ClF3NO3/c14-8-5-10(11(12(19)20)18-6-8)7-2-1-3-9(4-7)21-13(15,16)17/h1-6H,(H,19,20). The van der Waals surface area contributed by atoms with Gasteiger partial charge in [-0.25, -0.2) is 9.78 Å². The molecule has 2 aromatic rings. The monoisotopic (exact) mass is 317 g/mol. The summed E-state index contributed by atoms with van der Waals surface area (Å²) in [6, 6.07) is 6.22. The topological polar surface area (TPSA) is 59.4 Å². The fourth-order valence-electron chi connectivity index (χ4n) is 1.69. The highest BCUT2D eigenvalue weighted by Crippen LogP contribution is 2.30. The van der Waals surface area contributed by atoms with Gasteiger partial charge in [0.15, 0.2) is 5.69 Å². The molecule has 2 rings (SSSR count). The minimum Gasteiger partial charge on any atom is -0.476 e. The van der Waals surface area contributed by atoms with Gasteiger partial charge in [-0.3, -0.25) is 0 Å². The molecule has 1 aromatic carbocycles. The smallest absolute Gasteiger partial charge is 0.476 e. The van der Waals surface area contributed by atoms with Gasteiger partial charge < -0.3 is 9.84 Å². The molecule has 0 aliphatic carbocycles. The van der Waals surface area contributed by atoms with Crippen molar-refractivity contribution < 1.29 is 27.8 Å². The highest BCUT2D eigenvalue weighted by atomic mass is 35.5. The highest BCUT2D eigenvalue weighted by molar-refractivity contribution is 6.30. The van der Waals surface area contributed by atoms with Crippen LogP contribution in [0.25, 0.3) is 11.1 Å². The number of alkyl halides is 3. The lowest BCUT2D eigenvalue weighted by molar-refractivity contribution is -0.274. The number of aromatic carboxylic acids is 1. The summed E-state index contributed by atoms with van der Waals surface area (Å²) in [7, 11) is 0. The van der Waals surface area contributed by atoms with Crippen molar-refractivity contribution in [3.05, 3.63) is 47.2 Å². The van der Waals surface area contributed by atoms with Crippen LogP contribution in [0.2, 0.25) is 5.02 Å². The molecule has 0 fully saturated rings. The quantitative estimate of drug-likeness (QED) is 0.929. The van der Waals surface area contributed by atoms with E-state index in [1.165, 1.54) is 18.2 Å². The van der Waals surface area contributed by atoms with Crippen LogP contribution < -0.4 is 4.74 Å². The van der Waals surface area contributed by atoms with E-state index in [4.69, 9.17) is 16.7 Å². The summed E-state index contributed by atoms with van der Waals surface area (Å²) in [4.78, 5) is 14.8. The molecule has 0 aliphatic rings. The number of carboxylic acid groups (broad SMARTS) is 1. The lowest BCUT2D eigenvalue weighted by atomic mass is 10.0. The van der Waals surface area contributed by atoms with Crippen molar-refractivity contribution in [2.24, 2.45) is 0 Å². The van der Waals surface area contributed by atoms with Crippen LogP contribution in [0.1, 0.15) is 10.5 Å². The van der Waals surface area contributed by atoms with Crippen molar-refractivity contribution in [1.82, 2.24) is 4.98 Å². The highest BCUT2D eigenvalue weighted by Gasteiger charge is 2.31. The molecule has 0 amide bonds. The fourth-order valence-corrected chi connectivity index (χ4v) is 1.85. The number of carbonyl (C=O) groups is 1. The molecule has 110 valence electrons. The normalized spacial score (nSPS) is 11.2. The average molecular weight is 318 g/mol. The number of halogens is 4. The molecule has 21 heavy (non-hydrogen) atoms. The Morgan fingerprint density at radius 3 is 2.62 bits per heavy atom. The van der Waals surface area contributed by atoms with Crippen molar-refractivity contribution in [3.8, 4) is 16.9 Å². The van der Waals surface area contributed by atoms with Crippen LogP contribution in [0, 0.1) is 0 Å². The average Bonchev–Trinajstić information content (AvgIpc) is 2.36. The zero-order valence-corrected chi connectivity index (χ0v) is 10.9. The molecule has 0 saturated heterocycles. The first-order valence-corrected chi connectivity index (χ1v) is 5.89. The minimum atomic E-state index is -4.83. The van der Waals surface area contributed by atoms with Crippen molar-refractivity contribution >= 4 is 17.6 Å². The summed E-state index contributed by atoms with van der Waals surface area (Å²) in [5.74, 6) is -1.78. The van der Waals surface area contributed by atoms with Gasteiger partial charge in [0.1, 0.15) is 5.75 Å². The molecule has 1 heterocycles. The van der Waals surface area contributed by atoms with E-state index < -0.39 is 18.1 Å². The molecule has 0 unspecified atom stereocenters. The Morgan fingerprint density at radius 2 is 2.00 bits per heavy atom. The number of benzene rings is 1. The van der Waals surface area contributed by atoms with E-state index in [0.717, 1.165) is 18.3 Å². The maximum Gasteiger partial charge on any atom is 0.573 e. The maximum absolute atomic E-state index is 12.2. The second kappa shape index (κ2) is 5.61. The number of nitrogens with zero attached hydrogens (tertiary/aromatic N) is 1. The first-order valence-electron chi connectivity index (χ1n) is 5.51. The molecule has 0 aliphatic heterocycles. The van der Waals surface area contributed by atoms with E-state index in [0.29, 0.717) is 0 Å². The molecule has 0 radical (unpaired) electrons. The van der Waals surface area contributed by atoms with Gasteiger partial charge in [0.2, 0.25) is 0 Å². The predicted octanol–water partition coefficient (Wildman–Crippen LogP) is 4.00. The molecule has 0 atom stereocenters. The Morgan fingerprint density at radius 1 is 1.29 bits per heavy atom. The Bertz CT molecular complexity index is 689. The van der Waals surface area contributed by atoms with Crippen molar-refractivity contribution in [2.45, 2.75) is 6.36 Å². The predicted molar refractivity (Wildman–Crippen MR) is 68.3 cm³/mol. The van der Waals surface area contributed by atoms with Crippen molar-refractivity contribution in [1.29, 1.82) is 0 Å². The second-order valence-electron chi connectivity index (χ2n) is 3.93. The molecule has 4 nitrogen and oxygen atoms in total. The molecular formula is C13H7ClF3NO3. The molecule has 0 bridgehead atoms. The van der Waals surface area contributed by atoms with Crippen LogP contribution in [0.4, 0.5) is 13.2 Å². The van der Waals surface area contributed by atoms with Crippen LogP contribution in [-0.4, -0.2) is 22.4 Å². The van der Waals surface area contributed by atoms with Crippen molar-refractivity contribution in [2.75, 3.05) is 0 Å². The first kappa shape index (κ1) is 15.1. The van der Waals surface area contributed by atoms with Crippen molar-refractivity contribution in [3.63, 3.8) is 0 Å². The van der Waals surface area contributed by atoms with E-state index in [9.17, 15) is 18.0 Å². The van der Waals surface area contributed by atoms with Gasteiger partial charge in [-0.05, 0) is 23.8 Å². The number of hydrogen-bond donors (Lipinski definition) is 1. The van der Waals surface area contributed by atoms with Crippen LogP contribution in [0.3, 0.4) is 0 Å². The van der Waals surface area contributed by atoms with Gasteiger partial charge in [0, 0.05) is 11.8 Å². The SMILES string of the molecule is O=C(O)c1ncc(Cl)cc1-c1cccc(OC(F)(F)F)c1. The Hall–Kier alpha value is -2.28. The number of ether oxygens (including phenoxy) is 1.